The van der Waals surface area contributed by atoms with Crippen LogP contribution in [0.15, 0.2) is 0 Å². The summed E-state index contributed by atoms with van der Waals surface area (Å²) in [5, 5.41) is 11.5. The first-order chi connectivity index (χ1) is 6.70. The third-order valence-corrected chi connectivity index (χ3v) is 1.62. The number of nitrogens with zero attached hydrogens (tertiary/aromatic N) is 1. The van der Waals surface area contributed by atoms with Gasteiger partial charge in [0, 0.05) is 6.54 Å². The van der Waals surface area contributed by atoms with E-state index in [1.165, 1.54) is 0 Å². The Morgan fingerprint density at radius 2 is 2.21 bits per heavy atom. The summed E-state index contributed by atoms with van der Waals surface area (Å²) in [7, 11) is 0. The van der Waals surface area contributed by atoms with Gasteiger partial charge in [-0.2, -0.15) is 5.26 Å². The molecule has 0 bridgehead atoms. The Morgan fingerprint density at radius 1 is 1.50 bits per heavy atom. The molecule has 1 amide bonds. The molecule has 0 heterocycles. The van der Waals surface area contributed by atoms with Gasteiger partial charge < -0.3 is 5.32 Å². The van der Waals surface area contributed by atoms with Gasteiger partial charge in [0.05, 0.1) is 6.07 Å². The number of hydrogen-bond donors (Lipinski definition) is 3. The lowest BCUT2D eigenvalue weighted by Gasteiger charge is -2.09. The van der Waals surface area contributed by atoms with Crippen LogP contribution < -0.4 is 16.2 Å². The normalized spacial score (nSPS) is 8.57. The first-order valence-corrected chi connectivity index (χ1v) is 4.81. The molecular weight excluding hydrogens is 200 g/mol. The van der Waals surface area contributed by atoms with Gasteiger partial charge in [0.1, 0.15) is 6.42 Å². The van der Waals surface area contributed by atoms with Gasteiger partial charge in [-0.25, -0.2) is 0 Å². The van der Waals surface area contributed by atoms with Crippen LogP contribution in [-0.2, 0) is 4.79 Å². The highest BCUT2D eigenvalue weighted by Gasteiger charge is 1.99. The lowest BCUT2D eigenvalue weighted by molar-refractivity contribution is -0.120. The molecule has 78 valence electrons. The topological polar surface area (TPSA) is 76.9 Å². The fraction of sp³-hybridized carbons (Fsp3) is 0.625. The minimum atomic E-state index is -0.396. The van der Waals surface area contributed by atoms with Crippen molar-refractivity contribution in [3.63, 3.8) is 0 Å². The van der Waals surface area contributed by atoms with E-state index in [4.69, 9.17) is 17.5 Å². The van der Waals surface area contributed by atoms with Crippen molar-refractivity contribution < 1.29 is 4.79 Å². The van der Waals surface area contributed by atoms with Crippen molar-refractivity contribution in [2.75, 3.05) is 6.54 Å². The fourth-order valence-electron chi connectivity index (χ4n) is 0.665. The standard InChI is InChI=1S/C8H14N4OS/c1-2-3-6-10-8(14)12-11-7(13)4-5-9/h2-4,6H2,1H3,(H,11,13)(H2,10,12,14). The first kappa shape index (κ1) is 12.7. The number of carbonyl (C=O) groups is 1. The van der Waals surface area contributed by atoms with Gasteiger partial charge in [-0.15, -0.1) is 0 Å². The van der Waals surface area contributed by atoms with Gasteiger partial charge >= 0.3 is 0 Å². The number of hydrogen-bond acceptors (Lipinski definition) is 3. The third-order valence-electron chi connectivity index (χ3n) is 1.37. The average Bonchev–Trinajstić information content (AvgIpc) is 2.16. The second-order valence-electron chi connectivity index (χ2n) is 2.62. The molecule has 5 nitrogen and oxygen atoms in total. The molecule has 0 fully saturated rings. The maximum Gasteiger partial charge on any atom is 0.252 e. The molecule has 0 aliphatic heterocycles. The quantitative estimate of drug-likeness (QED) is 0.354. The molecule has 0 aromatic carbocycles. The number of unbranched alkanes of at least 4 members (excludes halogenated alkanes) is 1. The molecule has 3 N–H and O–H groups in total. The van der Waals surface area contributed by atoms with Crippen LogP contribution in [0.2, 0.25) is 0 Å². The summed E-state index contributed by atoms with van der Waals surface area (Å²) in [4.78, 5) is 10.8. The summed E-state index contributed by atoms with van der Waals surface area (Å²) in [5.74, 6) is -0.396. The Morgan fingerprint density at radius 3 is 2.79 bits per heavy atom. The van der Waals surface area contributed by atoms with Crippen molar-refractivity contribution in [2.24, 2.45) is 0 Å². The largest absolute Gasteiger partial charge is 0.361 e. The van der Waals surface area contributed by atoms with Crippen molar-refractivity contribution >= 4 is 23.2 Å². The van der Waals surface area contributed by atoms with Crippen LogP contribution in [0.3, 0.4) is 0 Å². The van der Waals surface area contributed by atoms with E-state index in [0.29, 0.717) is 5.11 Å². The number of nitriles is 1. The van der Waals surface area contributed by atoms with E-state index in [0.717, 1.165) is 19.4 Å². The van der Waals surface area contributed by atoms with E-state index in [1.54, 1.807) is 6.07 Å². The highest BCUT2D eigenvalue weighted by Crippen LogP contribution is 1.81. The molecule has 0 aromatic rings. The lowest BCUT2D eigenvalue weighted by Crippen LogP contribution is -2.46. The molecule has 0 aliphatic rings. The molecule has 0 rings (SSSR count). The molecule has 0 aromatic heterocycles. The summed E-state index contributed by atoms with van der Waals surface area (Å²) in [5.41, 5.74) is 4.79. The molecule has 0 radical (unpaired) electrons. The van der Waals surface area contributed by atoms with Crippen LogP contribution in [0.5, 0.6) is 0 Å². The second-order valence-corrected chi connectivity index (χ2v) is 3.03. The van der Waals surface area contributed by atoms with E-state index in [9.17, 15) is 4.79 Å². The predicted octanol–water partition coefficient (Wildman–Crippen LogP) is 0.195. The number of hydrazine groups is 1. The highest BCUT2D eigenvalue weighted by molar-refractivity contribution is 7.80. The predicted molar refractivity (Wildman–Crippen MR) is 57.0 cm³/mol. The van der Waals surface area contributed by atoms with Crippen LogP contribution >= 0.6 is 12.2 Å². The Kier molecular flexibility index (Phi) is 7.46. The zero-order chi connectivity index (χ0) is 10.8. The second kappa shape index (κ2) is 8.26. The first-order valence-electron chi connectivity index (χ1n) is 4.40. The molecule has 0 spiro atoms. The van der Waals surface area contributed by atoms with Crippen molar-refractivity contribution in [2.45, 2.75) is 26.2 Å². The number of nitrogens with one attached hydrogen (secondary N) is 3. The van der Waals surface area contributed by atoms with Gasteiger partial charge in [-0.3, -0.25) is 15.6 Å². The van der Waals surface area contributed by atoms with Gasteiger partial charge in [0.2, 0.25) is 0 Å². The average molecular weight is 214 g/mol. The maximum absolute atomic E-state index is 10.8. The molecule has 14 heavy (non-hydrogen) atoms. The van der Waals surface area contributed by atoms with Crippen molar-refractivity contribution in [1.29, 1.82) is 5.26 Å². The summed E-state index contributed by atoms with van der Waals surface area (Å²) in [6.45, 7) is 2.85. The Bertz CT molecular complexity index is 236. The van der Waals surface area contributed by atoms with Gasteiger partial charge in [0.25, 0.3) is 5.91 Å². The summed E-state index contributed by atoms with van der Waals surface area (Å²) in [6, 6.07) is 1.73. The number of rotatable bonds is 4. The Balaban J connectivity index is 3.45. The molecule has 0 aliphatic carbocycles. The Labute approximate surface area is 88.8 Å². The van der Waals surface area contributed by atoms with Crippen molar-refractivity contribution in [3.05, 3.63) is 0 Å². The van der Waals surface area contributed by atoms with Crippen LogP contribution in [0.4, 0.5) is 0 Å². The van der Waals surface area contributed by atoms with Crippen molar-refractivity contribution in [1.82, 2.24) is 16.2 Å². The number of carbonyl (C=O) groups excluding carboxylic acids is 1. The molecule has 0 unspecified atom stereocenters. The molecule has 6 heteroatoms. The van der Waals surface area contributed by atoms with Crippen molar-refractivity contribution in [3.8, 4) is 6.07 Å². The van der Waals surface area contributed by atoms with Crippen LogP contribution in [0.25, 0.3) is 0 Å². The van der Waals surface area contributed by atoms with E-state index in [-0.39, 0.29) is 6.42 Å². The monoisotopic (exact) mass is 214 g/mol. The van der Waals surface area contributed by atoms with Gasteiger partial charge in [0.15, 0.2) is 5.11 Å². The van der Waals surface area contributed by atoms with E-state index in [2.05, 4.69) is 23.1 Å². The van der Waals surface area contributed by atoms with Crippen LogP contribution in [0, 0.1) is 11.3 Å². The molecule has 0 atom stereocenters. The molecule has 0 saturated heterocycles. The van der Waals surface area contributed by atoms with Gasteiger partial charge in [-0.05, 0) is 18.6 Å². The van der Waals surface area contributed by atoms with Crippen LogP contribution in [-0.4, -0.2) is 17.6 Å². The third kappa shape index (κ3) is 7.31. The SMILES string of the molecule is CCCCNC(=S)NNC(=O)CC#N. The fourth-order valence-corrected chi connectivity index (χ4v) is 0.818. The van der Waals surface area contributed by atoms with Gasteiger partial charge in [-0.1, -0.05) is 13.3 Å². The maximum atomic E-state index is 10.8. The highest BCUT2D eigenvalue weighted by atomic mass is 32.1. The minimum absolute atomic E-state index is 0.176. The lowest BCUT2D eigenvalue weighted by atomic mass is 10.3. The minimum Gasteiger partial charge on any atom is -0.361 e. The zero-order valence-electron chi connectivity index (χ0n) is 8.09. The van der Waals surface area contributed by atoms with E-state index >= 15 is 0 Å². The molecular formula is C8H14N4OS. The number of amides is 1. The van der Waals surface area contributed by atoms with E-state index < -0.39 is 5.91 Å². The van der Waals surface area contributed by atoms with Crippen LogP contribution in [0.1, 0.15) is 26.2 Å². The number of thiocarbonyl (C=S) groups is 1. The molecule has 0 saturated carbocycles. The summed E-state index contributed by atoms with van der Waals surface area (Å²) >= 11 is 4.85. The smallest absolute Gasteiger partial charge is 0.252 e. The summed E-state index contributed by atoms with van der Waals surface area (Å²) in [6.07, 6.45) is 1.93. The summed E-state index contributed by atoms with van der Waals surface area (Å²) < 4.78 is 0. The Hall–Kier alpha value is -1.35. The zero-order valence-corrected chi connectivity index (χ0v) is 8.91. The van der Waals surface area contributed by atoms with E-state index in [1.807, 2.05) is 0 Å².